The van der Waals surface area contributed by atoms with E-state index in [4.69, 9.17) is 0 Å². The molecular formula is C19H25NS. The van der Waals surface area contributed by atoms with Crippen molar-refractivity contribution in [3.63, 3.8) is 0 Å². The van der Waals surface area contributed by atoms with Crippen LogP contribution in [0.5, 0.6) is 0 Å². The summed E-state index contributed by atoms with van der Waals surface area (Å²) in [5.74, 6) is 1.10. The van der Waals surface area contributed by atoms with Gasteiger partial charge in [-0.05, 0) is 44.5 Å². The standard InChI is InChI=1S/C19H25NS/c1-4-20-18(13-17-9-5-15(2)6-10-17)14-21-19-11-7-16(3)8-12-19/h5-12,18,20H,4,13-14H2,1-3H3. The highest BCUT2D eigenvalue weighted by Crippen LogP contribution is 2.20. The Bertz CT molecular complexity index is 530. The van der Waals surface area contributed by atoms with Crippen LogP contribution in [0, 0.1) is 13.8 Å². The summed E-state index contributed by atoms with van der Waals surface area (Å²) in [4.78, 5) is 1.35. The van der Waals surface area contributed by atoms with Gasteiger partial charge in [-0.15, -0.1) is 11.8 Å². The third kappa shape index (κ3) is 5.56. The lowest BCUT2D eigenvalue weighted by Crippen LogP contribution is -2.33. The van der Waals surface area contributed by atoms with Crippen LogP contribution in [0.4, 0.5) is 0 Å². The van der Waals surface area contributed by atoms with E-state index in [9.17, 15) is 0 Å². The third-order valence-corrected chi connectivity index (χ3v) is 4.74. The molecule has 0 saturated carbocycles. The van der Waals surface area contributed by atoms with Crippen LogP contribution in [0.15, 0.2) is 53.4 Å². The zero-order chi connectivity index (χ0) is 15.1. The number of rotatable bonds is 7. The minimum atomic E-state index is 0.518. The fourth-order valence-corrected chi connectivity index (χ4v) is 3.28. The molecule has 0 amide bonds. The van der Waals surface area contributed by atoms with Gasteiger partial charge in [0.25, 0.3) is 0 Å². The number of hydrogen-bond acceptors (Lipinski definition) is 2. The number of likely N-dealkylation sites (N-methyl/N-ethyl adjacent to an activating group) is 1. The second kappa shape index (κ2) is 8.26. The van der Waals surface area contributed by atoms with Gasteiger partial charge in [-0.25, -0.2) is 0 Å². The van der Waals surface area contributed by atoms with E-state index in [2.05, 4.69) is 74.6 Å². The molecule has 112 valence electrons. The Morgan fingerprint density at radius 2 is 1.48 bits per heavy atom. The minimum Gasteiger partial charge on any atom is -0.313 e. The summed E-state index contributed by atoms with van der Waals surface area (Å²) >= 11 is 1.94. The highest BCUT2D eigenvalue weighted by Gasteiger charge is 2.09. The monoisotopic (exact) mass is 299 g/mol. The molecule has 0 aliphatic heterocycles. The van der Waals surface area contributed by atoms with Crippen LogP contribution in [-0.2, 0) is 6.42 Å². The van der Waals surface area contributed by atoms with Crippen molar-refractivity contribution in [2.24, 2.45) is 0 Å². The average Bonchev–Trinajstić information content (AvgIpc) is 2.49. The SMILES string of the molecule is CCNC(CSc1ccc(C)cc1)Cc1ccc(C)cc1. The maximum absolute atomic E-state index is 3.61. The first-order valence-corrected chi connectivity index (χ1v) is 8.64. The normalized spacial score (nSPS) is 12.3. The molecule has 1 nitrogen and oxygen atoms in total. The lowest BCUT2D eigenvalue weighted by atomic mass is 10.1. The highest BCUT2D eigenvalue weighted by molar-refractivity contribution is 7.99. The Hall–Kier alpha value is -1.25. The number of hydrogen-bond donors (Lipinski definition) is 1. The van der Waals surface area contributed by atoms with E-state index in [-0.39, 0.29) is 0 Å². The predicted molar refractivity (Wildman–Crippen MR) is 94.3 cm³/mol. The highest BCUT2D eigenvalue weighted by atomic mass is 32.2. The molecule has 2 heteroatoms. The van der Waals surface area contributed by atoms with Gasteiger partial charge >= 0.3 is 0 Å². The number of thioether (sulfide) groups is 1. The van der Waals surface area contributed by atoms with Crippen LogP contribution < -0.4 is 5.32 Å². The quantitative estimate of drug-likeness (QED) is 0.749. The second-order valence-electron chi connectivity index (χ2n) is 5.57. The number of benzene rings is 2. The Balaban J connectivity index is 1.92. The van der Waals surface area contributed by atoms with E-state index in [1.54, 1.807) is 0 Å². The zero-order valence-corrected chi connectivity index (χ0v) is 14.0. The first-order chi connectivity index (χ1) is 10.2. The van der Waals surface area contributed by atoms with Gasteiger partial charge < -0.3 is 5.32 Å². The fraction of sp³-hybridized carbons (Fsp3) is 0.368. The molecule has 1 unspecified atom stereocenters. The first kappa shape index (κ1) is 16.1. The molecule has 2 rings (SSSR count). The number of aryl methyl sites for hydroxylation is 2. The van der Waals surface area contributed by atoms with E-state index in [1.165, 1.54) is 21.6 Å². The first-order valence-electron chi connectivity index (χ1n) is 7.65. The lowest BCUT2D eigenvalue weighted by molar-refractivity contribution is 0.572. The van der Waals surface area contributed by atoms with Gasteiger partial charge in [-0.1, -0.05) is 54.4 Å². The van der Waals surface area contributed by atoms with Crippen molar-refractivity contribution < 1.29 is 0 Å². The van der Waals surface area contributed by atoms with Crippen LogP contribution in [0.1, 0.15) is 23.6 Å². The molecule has 1 atom stereocenters. The Morgan fingerprint density at radius 1 is 0.905 bits per heavy atom. The molecule has 1 N–H and O–H groups in total. The fourth-order valence-electron chi connectivity index (χ4n) is 2.32. The van der Waals surface area contributed by atoms with E-state index >= 15 is 0 Å². The molecule has 2 aromatic rings. The molecule has 0 saturated heterocycles. The molecule has 0 fully saturated rings. The van der Waals surface area contributed by atoms with Crippen LogP contribution in [0.3, 0.4) is 0 Å². The maximum atomic E-state index is 3.61. The number of nitrogens with one attached hydrogen (secondary N) is 1. The summed E-state index contributed by atoms with van der Waals surface area (Å²) in [6.07, 6.45) is 1.09. The van der Waals surface area contributed by atoms with E-state index in [1.807, 2.05) is 11.8 Å². The van der Waals surface area contributed by atoms with Gasteiger partial charge in [-0.2, -0.15) is 0 Å². The van der Waals surface area contributed by atoms with Crippen molar-refractivity contribution in [3.05, 3.63) is 65.2 Å². The van der Waals surface area contributed by atoms with Crippen molar-refractivity contribution in [1.82, 2.24) is 5.32 Å². The molecule has 0 bridgehead atoms. The van der Waals surface area contributed by atoms with Crippen molar-refractivity contribution in [2.75, 3.05) is 12.3 Å². The minimum absolute atomic E-state index is 0.518. The summed E-state index contributed by atoms with van der Waals surface area (Å²) in [6, 6.07) is 18.2. The van der Waals surface area contributed by atoms with Crippen molar-refractivity contribution in [1.29, 1.82) is 0 Å². The Labute approximate surface area is 133 Å². The lowest BCUT2D eigenvalue weighted by Gasteiger charge is -2.18. The van der Waals surface area contributed by atoms with E-state index in [0.29, 0.717) is 6.04 Å². The molecule has 0 heterocycles. The molecule has 2 aromatic carbocycles. The molecular weight excluding hydrogens is 274 g/mol. The summed E-state index contributed by atoms with van der Waals surface area (Å²) < 4.78 is 0. The van der Waals surface area contributed by atoms with Gasteiger partial charge in [0.05, 0.1) is 0 Å². The predicted octanol–water partition coefficient (Wildman–Crippen LogP) is 4.62. The van der Waals surface area contributed by atoms with Crippen molar-refractivity contribution >= 4 is 11.8 Å². The largest absolute Gasteiger partial charge is 0.313 e. The summed E-state index contributed by atoms with van der Waals surface area (Å²) in [5.41, 5.74) is 4.06. The van der Waals surface area contributed by atoms with Gasteiger partial charge in [-0.3, -0.25) is 0 Å². The van der Waals surface area contributed by atoms with Crippen molar-refractivity contribution in [3.8, 4) is 0 Å². The Kier molecular flexibility index (Phi) is 6.34. The smallest absolute Gasteiger partial charge is 0.0201 e. The van der Waals surface area contributed by atoms with Crippen LogP contribution in [-0.4, -0.2) is 18.3 Å². The summed E-state index contributed by atoms with van der Waals surface area (Å²) in [5, 5.41) is 3.61. The maximum Gasteiger partial charge on any atom is 0.0201 e. The molecule has 0 aliphatic carbocycles. The third-order valence-electron chi connectivity index (χ3n) is 3.57. The molecule has 0 aliphatic rings. The molecule has 21 heavy (non-hydrogen) atoms. The van der Waals surface area contributed by atoms with Gasteiger partial charge in [0.15, 0.2) is 0 Å². The van der Waals surface area contributed by atoms with Gasteiger partial charge in [0.2, 0.25) is 0 Å². The zero-order valence-electron chi connectivity index (χ0n) is 13.2. The van der Waals surface area contributed by atoms with Crippen molar-refractivity contribution in [2.45, 2.75) is 38.1 Å². The van der Waals surface area contributed by atoms with Gasteiger partial charge in [0.1, 0.15) is 0 Å². The molecule has 0 spiro atoms. The topological polar surface area (TPSA) is 12.0 Å². The van der Waals surface area contributed by atoms with E-state index < -0.39 is 0 Å². The van der Waals surface area contributed by atoms with Gasteiger partial charge in [0, 0.05) is 16.7 Å². The Morgan fingerprint density at radius 3 is 2.05 bits per heavy atom. The van der Waals surface area contributed by atoms with Crippen LogP contribution >= 0.6 is 11.8 Å². The second-order valence-corrected chi connectivity index (χ2v) is 6.66. The van der Waals surface area contributed by atoms with Crippen LogP contribution in [0.25, 0.3) is 0 Å². The summed E-state index contributed by atoms with van der Waals surface area (Å²) in [7, 11) is 0. The van der Waals surface area contributed by atoms with Crippen LogP contribution in [0.2, 0.25) is 0 Å². The molecule has 0 aromatic heterocycles. The molecule has 0 radical (unpaired) electrons. The summed E-state index contributed by atoms with van der Waals surface area (Å²) in [6.45, 7) is 7.47. The van der Waals surface area contributed by atoms with E-state index in [0.717, 1.165) is 18.7 Å². The average molecular weight is 299 g/mol.